The number of benzene rings is 2. The minimum Gasteiger partial charge on any atom is -0.335 e. The molecule has 0 saturated carbocycles. The summed E-state index contributed by atoms with van der Waals surface area (Å²) in [7, 11) is 1.63. The van der Waals surface area contributed by atoms with Gasteiger partial charge in [-0.05, 0) is 69.1 Å². The number of rotatable bonds is 8. The van der Waals surface area contributed by atoms with Crippen molar-refractivity contribution < 1.29 is 18.8 Å². The van der Waals surface area contributed by atoms with Crippen molar-refractivity contribution >= 4 is 29.1 Å². The number of para-hydroxylation sites is 1. The summed E-state index contributed by atoms with van der Waals surface area (Å²) >= 11 is 0. The molecule has 2 aromatic rings. The predicted molar refractivity (Wildman–Crippen MR) is 131 cm³/mol. The van der Waals surface area contributed by atoms with Crippen molar-refractivity contribution in [1.29, 1.82) is 0 Å². The van der Waals surface area contributed by atoms with Crippen LogP contribution in [0.4, 0.5) is 15.8 Å². The number of carbonyl (C=O) groups excluding carboxylic acids is 3. The molecule has 2 aromatic carbocycles. The molecule has 182 valence electrons. The normalized spacial score (nSPS) is 15.4. The third-order valence-corrected chi connectivity index (χ3v) is 6.33. The Hall–Kier alpha value is -3.26. The van der Waals surface area contributed by atoms with Crippen molar-refractivity contribution in [3.8, 4) is 0 Å². The van der Waals surface area contributed by atoms with Gasteiger partial charge in [0.25, 0.3) is 0 Å². The van der Waals surface area contributed by atoms with Crippen LogP contribution < -0.4 is 10.6 Å². The van der Waals surface area contributed by atoms with Crippen LogP contribution in [0.2, 0.25) is 0 Å². The van der Waals surface area contributed by atoms with E-state index in [0.717, 1.165) is 17.7 Å². The maximum atomic E-state index is 13.3. The van der Waals surface area contributed by atoms with Gasteiger partial charge in [0.05, 0.1) is 12.6 Å². The molecule has 3 rings (SSSR count). The minimum absolute atomic E-state index is 0.0340. The van der Waals surface area contributed by atoms with Gasteiger partial charge in [0.15, 0.2) is 0 Å². The van der Waals surface area contributed by atoms with E-state index in [1.807, 2.05) is 43.0 Å². The summed E-state index contributed by atoms with van der Waals surface area (Å²) in [6, 6.07) is 13.1. The molecule has 0 spiro atoms. The Morgan fingerprint density at radius 2 is 1.79 bits per heavy atom. The zero-order valence-electron chi connectivity index (χ0n) is 20.0. The lowest BCUT2D eigenvalue weighted by atomic mass is 9.94. The Balaban J connectivity index is 1.47. The van der Waals surface area contributed by atoms with Gasteiger partial charge in [-0.15, -0.1) is 0 Å². The molecule has 0 bridgehead atoms. The van der Waals surface area contributed by atoms with E-state index in [4.69, 9.17) is 0 Å². The third-order valence-electron chi connectivity index (χ3n) is 6.33. The fourth-order valence-corrected chi connectivity index (χ4v) is 4.27. The molecule has 0 aliphatic carbocycles. The highest BCUT2D eigenvalue weighted by Gasteiger charge is 2.31. The van der Waals surface area contributed by atoms with Crippen molar-refractivity contribution in [1.82, 2.24) is 9.80 Å². The lowest BCUT2D eigenvalue weighted by Crippen LogP contribution is -2.50. The molecule has 7 nitrogen and oxygen atoms in total. The number of hydrogen-bond donors (Lipinski definition) is 2. The smallest absolute Gasteiger partial charge is 0.243 e. The number of likely N-dealkylation sites (N-methyl/N-ethyl adjacent to an activating group) is 1. The maximum Gasteiger partial charge on any atom is 0.243 e. The summed E-state index contributed by atoms with van der Waals surface area (Å²) in [5.41, 5.74) is 2.25. The average Bonchev–Trinajstić information content (AvgIpc) is 2.83. The number of hydrogen-bond acceptors (Lipinski definition) is 4. The molecular weight excluding hydrogens is 435 g/mol. The van der Waals surface area contributed by atoms with E-state index < -0.39 is 11.9 Å². The van der Waals surface area contributed by atoms with E-state index in [1.165, 1.54) is 17.0 Å². The van der Waals surface area contributed by atoms with Crippen LogP contribution in [0.1, 0.15) is 32.3 Å². The first-order valence-electron chi connectivity index (χ1n) is 11.7. The van der Waals surface area contributed by atoms with E-state index in [9.17, 15) is 18.8 Å². The number of carbonyl (C=O) groups is 3. The first-order valence-corrected chi connectivity index (χ1v) is 11.7. The van der Waals surface area contributed by atoms with Gasteiger partial charge >= 0.3 is 0 Å². The van der Waals surface area contributed by atoms with Crippen molar-refractivity contribution in [2.45, 2.75) is 39.2 Å². The van der Waals surface area contributed by atoms with Gasteiger partial charge in [0, 0.05) is 24.3 Å². The van der Waals surface area contributed by atoms with Gasteiger partial charge in [-0.1, -0.05) is 31.2 Å². The lowest BCUT2D eigenvalue weighted by Gasteiger charge is -2.36. The van der Waals surface area contributed by atoms with Crippen molar-refractivity contribution in [2.24, 2.45) is 5.92 Å². The second kappa shape index (κ2) is 11.7. The monoisotopic (exact) mass is 468 g/mol. The summed E-state index contributed by atoms with van der Waals surface area (Å²) in [6.07, 6.45) is 2.02. The van der Waals surface area contributed by atoms with Crippen LogP contribution in [0.5, 0.6) is 0 Å². The van der Waals surface area contributed by atoms with Gasteiger partial charge in [0.2, 0.25) is 17.7 Å². The molecule has 1 saturated heterocycles. The van der Waals surface area contributed by atoms with Crippen LogP contribution in [0, 0.1) is 11.7 Å². The van der Waals surface area contributed by atoms with Crippen LogP contribution >= 0.6 is 0 Å². The molecular formula is C26H33FN4O3. The van der Waals surface area contributed by atoms with E-state index in [-0.39, 0.29) is 30.2 Å². The number of aryl methyl sites for hydroxylation is 1. The Kier molecular flexibility index (Phi) is 8.76. The van der Waals surface area contributed by atoms with E-state index in [1.54, 1.807) is 19.2 Å². The molecule has 0 aromatic heterocycles. The number of nitrogens with one attached hydrogen (secondary N) is 2. The minimum atomic E-state index is -0.396. The van der Waals surface area contributed by atoms with Crippen molar-refractivity contribution in [3.05, 3.63) is 59.9 Å². The molecule has 1 heterocycles. The van der Waals surface area contributed by atoms with Gasteiger partial charge in [0.1, 0.15) is 5.82 Å². The quantitative estimate of drug-likeness (QED) is 0.621. The van der Waals surface area contributed by atoms with Crippen LogP contribution in [0.3, 0.4) is 0 Å². The van der Waals surface area contributed by atoms with Crippen molar-refractivity contribution in [2.75, 3.05) is 37.3 Å². The number of anilines is 2. The molecule has 0 radical (unpaired) electrons. The molecule has 3 amide bonds. The van der Waals surface area contributed by atoms with Gasteiger partial charge in [-0.3, -0.25) is 19.3 Å². The summed E-state index contributed by atoms with van der Waals surface area (Å²) in [5, 5.41) is 5.66. The Morgan fingerprint density at radius 3 is 2.47 bits per heavy atom. The van der Waals surface area contributed by atoms with E-state index in [2.05, 4.69) is 10.6 Å². The molecule has 8 heteroatoms. The largest absolute Gasteiger partial charge is 0.335 e. The molecule has 1 unspecified atom stereocenters. The molecule has 34 heavy (non-hydrogen) atoms. The summed E-state index contributed by atoms with van der Waals surface area (Å²) < 4.78 is 13.3. The topological polar surface area (TPSA) is 81.8 Å². The number of halogens is 1. The molecule has 1 atom stereocenters. The summed E-state index contributed by atoms with van der Waals surface area (Å²) in [6.45, 7) is 5.01. The Morgan fingerprint density at radius 1 is 1.09 bits per heavy atom. The SMILES string of the molecule is CCc1ccccc1NC(=O)CN(C)C(=O)C(C)N1CCC(C(=O)Nc2cccc(F)c2)CC1. The zero-order chi connectivity index (χ0) is 24.7. The Labute approximate surface area is 200 Å². The maximum absolute atomic E-state index is 13.3. The highest BCUT2D eigenvalue weighted by Crippen LogP contribution is 2.22. The molecule has 1 fully saturated rings. The lowest BCUT2D eigenvalue weighted by molar-refractivity contribution is -0.138. The molecule has 1 aliphatic rings. The van der Waals surface area contributed by atoms with Gasteiger partial charge < -0.3 is 15.5 Å². The first-order chi connectivity index (χ1) is 16.3. The highest BCUT2D eigenvalue weighted by molar-refractivity contribution is 5.96. The van der Waals surface area contributed by atoms with Gasteiger partial charge in [-0.25, -0.2) is 4.39 Å². The Bertz CT molecular complexity index is 1020. The molecule has 2 N–H and O–H groups in total. The first kappa shape index (κ1) is 25.4. The average molecular weight is 469 g/mol. The summed E-state index contributed by atoms with van der Waals surface area (Å²) in [5.74, 6) is -1.10. The van der Waals surface area contributed by atoms with Crippen LogP contribution in [-0.2, 0) is 20.8 Å². The zero-order valence-corrected chi connectivity index (χ0v) is 20.0. The van der Waals surface area contributed by atoms with E-state index in [0.29, 0.717) is 31.6 Å². The summed E-state index contributed by atoms with van der Waals surface area (Å²) in [4.78, 5) is 41.4. The fourth-order valence-electron chi connectivity index (χ4n) is 4.27. The number of amides is 3. The predicted octanol–water partition coefficient (Wildman–Crippen LogP) is 3.52. The number of likely N-dealkylation sites (tertiary alicyclic amines) is 1. The second-order valence-corrected chi connectivity index (χ2v) is 8.74. The second-order valence-electron chi connectivity index (χ2n) is 8.74. The van der Waals surface area contributed by atoms with E-state index >= 15 is 0 Å². The standard InChI is InChI=1S/C26H33FN4O3/c1-4-19-8-5-6-11-23(19)29-24(32)17-30(3)26(34)18(2)31-14-12-20(13-15-31)25(33)28-22-10-7-9-21(27)16-22/h5-11,16,18,20H,4,12-15,17H2,1-3H3,(H,28,33)(H,29,32). The highest BCUT2D eigenvalue weighted by atomic mass is 19.1. The van der Waals surface area contributed by atoms with Crippen molar-refractivity contribution in [3.63, 3.8) is 0 Å². The fraction of sp³-hybridized carbons (Fsp3) is 0.423. The van der Waals surface area contributed by atoms with Gasteiger partial charge in [-0.2, -0.15) is 0 Å². The third kappa shape index (κ3) is 6.63. The van der Waals surface area contributed by atoms with Crippen LogP contribution in [0.25, 0.3) is 0 Å². The number of nitrogens with zero attached hydrogens (tertiary/aromatic N) is 2. The van der Waals surface area contributed by atoms with Crippen LogP contribution in [-0.4, -0.2) is 60.2 Å². The molecule has 1 aliphatic heterocycles. The van der Waals surface area contributed by atoms with Crippen LogP contribution in [0.15, 0.2) is 48.5 Å². The number of piperidine rings is 1.